The van der Waals surface area contributed by atoms with Gasteiger partial charge in [0.05, 0.1) is 11.3 Å². The Morgan fingerprint density at radius 3 is 2.85 bits per heavy atom. The second-order valence-electron chi connectivity index (χ2n) is 4.84. The molecule has 1 heterocycles. The zero-order valence-electron chi connectivity index (χ0n) is 11.2. The molecule has 0 aliphatic rings. The van der Waals surface area contributed by atoms with Crippen LogP contribution in [0.2, 0.25) is 0 Å². The van der Waals surface area contributed by atoms with Gasteiger partial charge in [-0.3, -0.25) is 9.89 Å². The zero-order valence-corrected chi connectivity index (χ0v) is 12.0. The number of fused-ring (bicyclic) bond motifs is 1. The second kappa shape index (κ2) is 5.12. The molecule has 1 atom stereocenters. The molecule has 1 aromatic heterocycles. The Morgan fingerprint density at radius 2 is 2.20 bits per heavy atom. The van der Waals surface area contributed by atoms with Crippen LogP contribution in [0.1, 0.15) is 17.4 Å². The van der Waals surface area contributed by atoms with Crippen molar-refractivity contribution in [2.24, 2.45) is 0 Å². The van der Waals surface area contributed by atoms with E-state index in [1.165, 1.54) is 0 Å². The van der Waals surface area contributed by atoms with E-state index in [-0.39, 0.29) is 11.4 Å². The minimum absolute atomic E-state index is 0.122. The van der Waals surface area contributed by atoms with Crippen LogP contribution in [0.4, 0.5) is 5.69 Å². The smallest absolute Gasteiger partial charge is 0.272 e. The van der Waals surface area contributed by atoms with E-state index in [4.69, 9.17) is 5.73 Å². The van der Waals surface area contributed by atoms with Gasteiger partial charge in [0.2, 0.25) is 0 Å². The van der Waals surface area contributed by atoms with Crippen molar-refractivity contribution in [3.05, 3.63) is 23.9 Å². The van der Waals surface area contributed by atoms with Crippen molar-refractivity contribution in [2.45, 2.75) is 13.0 Å². The van der Waals surface area contributed by atoms with Crippen molar-refractivity contribution >= 4 is 32.3 Å². The first-order valence-electron chi connectivity index (χ1n) is 5.98. The number of rotatable bonds is 4. The number of amides is 1. The summed E-state index contributed by atoms with van der Waals surface area (Å²) in [6, 6.07) is 4.59. The lowest BCUT2D eigenvalue weighted by Crippen LogP contribution is -2.37. The van der Waals surface area contributed by atoms with Crippen LogP contribution in [0.3, 0.4) is 0 Å². The van der Waals surface area contributed by atoms with Gasteiger partial charge < -0.3 is 11.1 Å². The molecule has 1 amide bonds. The molecule has 0 aliphatic carbocycles. The molecule has 2 rings (SSSR count). The van der Waals surface area contributed by atoms with Crippen LogP contribution in [0.15, 0.2) is 18.2 Å². The molecule has 1 aromatic carbocycles. The molecular weight excluding hydrogens is 280 g/mol. The Labute approximate surface area is 116 Å². The normalized spacial score (nSPS) is 13.3. The highest BCUT2D eigenvalue weighted by Gasteiger charge is 2.18. The van der Waals surface area contributed by atoms with Crippen LogP contribution in [0, 0.1) is 0 Å². The van der Waals surface area contributed by atoms with E-state index in [9.17, 15) is 13.2 Å². The maximum Gasteiger partial charge on any atom is 0.272 e. The number of aromatic nitrogens is 2. The molecule has 0 aliphatic heterocycles. The molecule has 0 saturated heterocycles. The van der Waals surface area contributed by atoms with Crippen molar-refractivity contribution in [1.82, 2.24) is 15.5 Å². The molecule has 4 N–H and O–H groups in total. The van der Waals surface area contributed by atoms with Gasteiger partial charge in [0, 0.05) is 23.4 Å². The quantitative estimate of drug-likeness (QED) is 0.702. The Bertz CT molecular complexity index is 751. The second-order valence-corrected chi connectivity index (χ2v) is 7.03. The molecule has 1 unspecified atom stereocenters. The zero-order chi connectivity index (χ0) is 14.9. The van der Waals surface area contributed by atoms with Gasteiger partial charge in [-0.05, 0) is 25.1 Å². The molecule has 7 nitrogen and oxygen atoms in total. The molecule has 8 heteroatoms. The first-order valence-corrected chi connectivity index (χ1v) is 8.04. The lowest BCUT2D eigenvalue weighted by molar-refractivity contribution is 0.0940. The summed E-state index contributed by atoms with van der Waals surface area (Å²) >= 11 is 0. The first kappa shape index (κ1) is 14.3. The van der Waals surface area contributed by atoms with Crippen LogP contribution >= 0.6 is 0 Å². The van der Waals surface area contributed by atoms with E-state index in [2.05, 4.69) is 15.5 Å². The van der Waals surface area contributed by atoms with Crippen molar-refractivity contribution in [2.75, 3.05) is 17.7 Å². The summed E-state index contributed by atoms with van der Waals surface area (Å²) in [6.45, 7) is 1.63. The lowest BCUT2D eigenvalue weighted by atomic mass is 10.2. The van der Waals surface area contributed by atoms with Crippen LogP contribution in [0.25, 0.3) is 10.9 Å². The number of carbonyl (C=O) groups is 1. The van der Waals surface area contributed by atoms with Crippen molar-refractivity contribution in [3.8, 4) is 0 Å². The summed E-state index contributed by atoms with van der Waals surface area (Å²) in [5.74, 6) is -0.554. The number of nitrogens with zero attached hydrogens (tertiary/aromatic N) is 1. The van der Waals surface area contributed by atoms with Crippen molar-refractivity contribution < 1.29 is 13.2 Å². The van der Waals surface area contributed by atoms with Gasteiger partial charge >= 0.3 is 0 Å². The molecule has 0 bridgehead atoms. The van der Waals surface area contributed by atoms with Crippen LogP contribution < -0.4 is 11.1 Å². The summed E-state index contributed by atoms with van der Waals surface area (Å²) in [5.41, 5.74) is 7.11. The number of nitrogen functional groups attached to an aromatic ring is 1. The fourth-order valence-electron chi connectivity index (χ4n) is 1.99. The van der Waals surface area contributed by atoms with Gasteiger partial charge in [-0.25, -0.2) is 8.42 Å². The van der Waals surface area contributed by atoms with Gasteiger partial charge in [-0.1, -0.05) is 0 Å². The number of sulfone groups is 1. The maximum atomic E-state index is 12.1. The van der Waals surface area contributed by atoms with E-state index in [0.717, 1.165) is 6.26 Å². The number of nitrogens with two attached hydrogens (primary N) is 1. The number of H-pyrrole nitrogens is 1. The molecular formula is C12H16N4O3S. The third-order valence-electron chi connectivity index (χ3n) is 2.73. The molecule has 0 fully saturated rings. The highest BCUT2D eigenvalue weighted by atomic mass is 32.2. The third kappa shape index (κ3) is 3.27. The van der Waals surface area contributed by atoms with Crippen LogP contribution in [-0.2, 0) is 9.84 Å². The Hall–Kier alpha value is -2.09. The summed E-state index contributed by atoms with van der Waals surface area (Å²) in [5, 5.41) is 9.89. The first-order chi connectivity index (χ1) is 9.26. The number of hydrogen-bond donors (Lipinski definition) is 3. The minimum Gasteiger partial charge on any atom is -0.399 e. The van der Waals surface area contributed by atoms with Gasteiger partial charge in [0.15, 0.2) is 5.69 Å². The van der Waals surface area contributed by atoms with Gasteiger partial charge in [-0.2, -0.15) is 5.10 Å². The summed E-state index contributed by atoms with van der Waals surface area (Å²) in [6.07, 6.45) is 1.13. The Morgan fingerprint density at radius 1 is 1.50 bits per heavy atom. The van der Waals surface area contributed by atoms with Crippen LogP contribution in [0.5, 0.6) is 0 Å². The van der Waals surface area contributed by atoms with E-state index in [0.29, 0.717) is 16.6 Å². The highest BCUT2D eigenvalue weighted by Crippen LogP contribution is 2.18. The fourth-order valence-corrected chi connectivity index (χ4v) is 2.98. The SMILES string of the molecule is CC(CS(C)(=O)=O)NC(=O)c1n[nH]c2ccc(N)cc12. The lowest BCUT2D eigenvalue weighted by Gasteiger charge is -2.11. The molecule has 108 valence electrons. The minimum atomic E-state index is -3.15. The predicted molar refractivity (Wildman–Crippen MR) is 77.1 cm³/mol. The highest BCUT2D eigenvalue weighted by molar-refractivity contribution is 7.90. The summed E-state index contributed by atoms with van der Waals surface area (Å²) < 4.78 is 22.4. The Balaban J connectivity index is 2.21. The molecule has 0 saturated carbocycles. The number of nitrogens with one attached hydrogen (secondary N) is 2. The van der Waals surface area contributed by atoms with Crippen molar-refractivity contribution in [3.63, 3.8) is 0 Å². The topological polar surface area (TPSA) is 118 Å². The summed E-state index contributed by atoms with van der Waals surface area (Å²) in [4.78, 5) is 12.1. The van der Waals surface area contributed by atoms with E-state index < -0.39 is 21.8 Å². The largest absolute Gasteiger partial charge is 0.399 e. The van der Waals surface area contributed by atoms with Crippen molar-refractivity contribution in [1.29, 1.82) is 0 Å². The van der Waals surface area contributed by atoms with E-state index >= 15 is 0 Å². The number of aromatic amines is 1. The molecule has 20 heavy (non-hydrogen) atoms. The molecule has 0 spiro atoms. The number of anilines is 1. The molecule has 0 radical (unpaired) electrons. The number of hydrogen-bond acceptors (Lipinski definition) is 5. The average molecular weight is 296 g/mol. The third-order valence-corrected chi connectivity index (χ3v) is 3.84. The summed E-state index contributed by atoms with van der Waals surface area (Å²) in [7, 11) is -3.15. The number of carbonyl (C=O) groups excluding carboxylic acids is 1. The van der Waals surface area contributed by atoms with E-state index in [1.807, 2.05) is 0 Å². The standard InChI is InChI=1S/C12H16N4O3S/c1-7(6-20(2,18)19)14-12(17)11-9-5-8(13)3-4-10(9)15-16-11/h3-5,7H,6,13H2,1-2H3,(H,14,17)(H,15,16). The average Bonchev–Trinajstić information content (AvgIpc) is 2.68. The predicted octanol–water partition coefficient (Wildman–Crippen LogP) is 0.308. The fraction of sp³-hybridized carbons (Fsp3) is 0.333. The Kier molecular flexibility index (Phi) is 3.67. The maximum absolute atomic E-state index is 12.1. The van der Waals surface area contributed by atoms with E-state index in [1.54, 1.807) is 25.1 Å². The van der Waals surface area contributed by atoms with Gasteiger partial charge in [0.25, 0.3) is 5.91 Å². The van der Waals surface area contributed by atoms with Gasteiger partial charge in [-0.15, -0.1) is 0 Å². The van der Waals surface area contributed by atoms with Crippen LogP contribution in [-0.4, -0.2) is 42.6 Å². The number of benzene rings is 1. The molecule has 2 aromatic rings. The van der Waals surface area contributed by atoms with Gasteiger partial charge in [0.1, 0.15) is 9.84 Å². The monoisotopic (exact) mass is 296 g/mol.